The molecule has 0 radical (unpaired) electrons. The molecule has 1 aromatic carbocycles. The molecule has 2 N–H and O–H groups in total. The Balaban J connectivity index is 2.50. The number of rotatable bonds is 4. The normalized spacial score (nSPS) is 13.0. The maximum atomic E-state index is 12.7. The van der Waals surface area contributed by atoms with Gasteiger partial charge in [-0.1, -0.05) is 47.1 Å². The Bertz CT molecular complexity index is 751. The highest BCUT2D eigenvalue weighted by atomic mass is 35.5. The van der Waals surface area contributed by atoms with E-state index in [1.165, 1.54) is 0 Å². The molecule has 0 unspecified atom stereocenters. The largest absolute Gasteiger partial charge is 0.417 e. The average Bonchev–Trinajstić information content (AvgIpc) is 2.54. The number of nitrogens with one attached hydrogen (secondary N) is 1. The van der Waals surface area contributed by atoms with Crippen LogP contribution < -0.4 is 5.32 Å². The van der Waals surface area contributed by atoms with Crippen LogP contribution in [-0.4, -0.2) is 22.4 Å². The second-order valence-electron chi connectivity index (χ2n) is 4.69. The van der Waals surface area contributed by atoms with Crippen LogP contribution in [0.5, 0.6) is 0 Å². The number of nitrogens with zero attached hydrogens (tertiary/aromatic N) is 2. The molecule has 0 aliphatic heterocycles. The van der Waals surface area contributed by atoms with Gasteiger partial charge < -0.3 is 10.5 Å². The molecule has 126 valence electrons. The summed E-state index contributed by atoms with van der Waals surface area (Å²) < 4.78 is 38.2. The van der Waals surface area contributed by atoms with Gasteiger partial charge in [0.05, 0.1) is 16.3 Å². The molecule has 9 heteroatoms. The molecule has 1 amide bonds. The van der Waals surface area contributed by atoms with E-state index in [0.717, 1.165) is 6.34 Å². The summed E-state index contributed by atoms with van der Waals surface area (Å²) in [5, 5.41) is 13.0. The van der Waals surface area contributed by atoms with Crippen LogP contribution >= 0.6 is 11.6 Å². The smallest absolute Gasteiger partial charge is 0.410 e. The van der Waals surface area contributed by atoms with Crippen LogP contribution in [0.3, 0.4) is 0 Å². The van der Waals surface area contributed by atoms with Gasteiger partial charge in [0.2, 0.25) is 5.91 Å². The minimum absolute atomic E-state index is 0.0419. The monoisotopic (exact) mass is 357 g/mol. The molecule has 0 fully saturated rings. The van der Waals surface area contributed by atoms with E-state index >= 15 is 0 Å². The summed E-state index contributed by atoms with van der Waals surface area (Å²) in [4.78, 5) is 16.0. The van der Waals surface area contributed by atoms with Crippen LogP contribution in [0.2, 0.25) is 5.02 Å². The molecule has 0 bridgehead atoms. The number of benzene rings is 1. The SMILES string of the molecule is O=C(N/C=N\O)[C@@H](c1ccccc1)c1ncc(C(F)(F)F)cc1Cl. The maximum Gasteiger partial charge on any atom is 0.417 e. The summed E-state index contributed by atoms with van der Waals surface area (Å²) in [6.45, 7) is 0. The number of oxime groups is 1. The van der Waals surface area contributed by atoms with E-state index in [-0.39, 0.29) is 10.7 Å². The lowest BCUT2D eigenvalue weighted by Crippen LogP contribution is -2.29. The number of amides is 1. The van der Waals surface area contributed by atoms with E-state index in [1.807, 2.05) is 0 Å². The standard InChI is InChI=1S/C15H11ClF3N3O2/c16-11-6-10(15(17,18)19)7-20-13(11)12(14(23)21-8-22-24)9-4-2-1-3-5-9/h1-8,12,24H,(H,21,22,23)/t12-/m0/s1. The van der Waals surface area contributed by atoms with Crippen LogP contribution in [0, 0.1) is 0 Å². The van der Waals surface area contributed by atoms with Gasteiger partial charge >= 0.3 is 6.18 Å². The predicted molar refractivity (Wildman–Crippen MR) is 81.0 cm³/mol. The van der Waals surface area contributed by atoms with Crippen molar-refractivity contribution in [3.63, 3.8) is 0 Å². The van der Waals surface area contributed by atoms with E-state index in [9.17, 15) is 18.0 Å². The van der Waals surface area contributed by atoms with Crippen LogP contribution in [0.25, 0.3) is 0 Å². The topological polar surface area (TPSA) is 74.6 Å². The summed E-state index contributed by atoms with van der Waals surface area (Å²) in [7, 11) is 0. The van der Waals surface area contributed by atoms with Crippen molar-refractivity contribution in [2.75, 3.05) is 0 Å². The first-order chi connectivity index (χ1) is 11.3. The Kier molecular flexibility index (Phi) is 5.40. The number of aromatic nitrogens is 1. The van der Waals surface area contributed by atoms with Crippen molar-refractivity contribution in [2.45, 2.75) is 12.1 Å². The van der Waals surface area contributed by atoms with Gasteiger partial charge in [-0.25, -0.2) is 0 Å². The van der Waals surface area contributed by atoms with E-state index < -0.39 is 23.6 Å². The van der Waals surface area contributed by atoms with Crippen LogP contribution in [0.1, 0.15) is 22.7 Å². The van der Waals surface area contributed by atoms with E-state index in [2.05, 4.69) is 15.5 Å². The van der Waals surface area contributed by atoms with Crippen LogP contribution in [0.4, 0.5) is 13.2 Å². The zero-order valence-electron chi connectivity index (χ0n) is 12.0. The van der Waals surface area contributed by atoms with Gasteiger partial charge in [0.1, 0.15) is 12.3 Å². The highest BCUT2D eigenvalue weighted by Crippen LogP contribution is 2.34. The highest BCUT2D eigenvalue weighted by Gasteiger charge is 2.33. The molecule has 0 saturated heterocycles. The van der Waals surface area contributed by atoms with Gasteiger partial charge in [-0.2, -0.15) is 13.2 Å². The van der Waals surface area contributed by atoms with Crippen molar-refractivity contribution in [3.05, 3.63) is 64.4 Å². The summed E-state index contributed by atoms with van der Waals surface area (Å²) in [5.41, 5.74) is -0.587. The van der Waals surface area contributed by atoms with Gasteiger partial charge in [-0.15, -0.1) is 0 Å². The Morgan fingerprint density at radius 3 is 2.54 bits per heavy atom. The van der Waals surface area contributed by atoms with Crippen LogP contribution in [-0.2, 0) is 11.0 Å². The molecule has 0 spiro atoms. The zero-order valence-corrected chi connectivity index (χ0v) is 12.7. The fourth-order valence-corrected chi connectivity index (χ4v) is 2.35. The quantitative estimate of drug-likeness (QED) is 0.381. The number of hydrogen-bond acceptors (Lipinski definition) is 4. The molecule has 2 aromatic rings. The van der Waals surface area contributed by atoms with E-state index in [4.69, 9.17) is 16.8 Å². The lowest BCUT2D eigenvalue weighted by Gasteiger charge is -2.17. The van der Waals surface area contributed by atoms with Gasteiger partial charge in [-0.3, -0.25) is 9.78 Å². The number of alkyl halides is 3. The molecule has 0 aliphatic rings. The maximum absolute atomic E-state index is 12.7. The first-order valence-corrected chi connectivity index (χ1v) is 6.96. The molecule has 0 aliphatic carbocycles. The Labute approximate surface area is 139 Å². The van der Waals surface area contributed by atoms with Crippen molar-refractivity contribution < 1.29 is 23.2 Å². The number of carbonyl (C=O) groups is 1. The minimum atomic E-state index is -4.59. The second-order valence-corrected chi connectivity index (χ2v) is 5.09. The van der Waals surface area contributed by atoms with Crippen molar-refractivity contribution in [2.24, 2.45) is 5.16 Å². The van der Waals surface area contributed by atoms with E-state index in [1.54, 1.807) is 30.3 Å². The van der Waals surface area contributed by atoms with Crippen molar-refractivity contribution in [1.82, 2.24) is 10.3 Å². The zero-order chi connectivity index (χ0) is 17.7. The number of pyridine rings is 1. The predicted octanol–water partition coefficient (Wildman–Crippen LogP) is 3.42. The summed E-state index contributed by atoms with van der Waals surface area (Å²) in [6, 6.07) is 8.97. The molecule has 0 saturated carbocycles. The van der Waals surface area contributed by atoms with Gasteiger partial charge in [0.25, 0.3) is 0 Å². The Morgan fingerprint density at radius 1 is 1.33 bits per heavy atom. The lowest BCUT2D eigenvalue weighted by atomic mass is 9.94. The Morgan fingerprint density at radius 2 is 2.00 bits per heavy atom. The van der Waals surface area contributed by atoms with Gasteiger partial charge in [-0.05, 0) is 11.6 Å². The molecular weight excluding hydrogens is 347 g/mol. The summed E-state index contributed by atoms with van der Waals surface area (Å²) in [6.07, 6.45) is -3.23. The van der Waals surface area contributed by atoms with Crippen molar-refractivity contribution in [1.29, 1.82) is 0 Å². The second kappa shape index (κ2) is 7.31. The molecule has 1 aromatic heterocycles. The molecule has 24 heavy (non-hydrogen) atoms. The van der Waals surface area contributed by atoms with E-state index in [0.29, 0.717) is 17.8 Å². The third-order valence-electron chi connectivity index (χ3n) is 3.13. The molecule has 1 heterocycles. The van der Waals surface area contributed by atoms with Gasteiger partial charge in [0.15, 0.2) is 0 Å². The van der Waals surface area contributed by atoms with Crippen molar-refractivity contribution in [3.8, 4) is 0 Å². The van der Waals surface area contributed by atoms with Crippen LogP contribution in [0.15, 0.2) is 47.8 Å². The molecular formula is C15H11ClF3N3O2. The number of hydrogen-bond donors (Lipinski definition) is 2. The minimum Gasteiger partial charge on any atom is -0.410 e. The lowest BCUT2D eigenvalue weighted by molar-refractivity contribution is -0.137. The third kappa shape index (κ3) is 4.02. The fourth-order valence-electron chi connectivity index (χ4n) is 2.07. The third-order valence-corrected chi connectivity index (χ3v) is 3.43. The number of halogens is 4. The molecule has 2 rings (SSSR count). The Hall–Kier alpha value is -2.61. The summed E-state index contributed by atoms with van der Waals surface area (Å²) in [5.74, 6) is -1.73. The average molecular weight is 358 g/mol. The summed E-state index contributed by atoms with van der Waals surface area (Å²) >= 11 is 5.93. The van der Waals surface area contributed by atoms with Crippen molar-refractivity contribution >= 4 is 23.8 Å². The first-order valence-electron chi connectivity index (χ1n) is 6.58. The van der Waals surface area contributed by atoms with Gasteiger partial charge in [0, 0.05) is 6.20 Å². The molecule has 1 atom stereocenters. The number of carbonyl (C=O) groups excluding carboxylic acids is 1. The molecule has 5 nitrogen and oxygen atoms in total. The fraction of sp³-hybridized carbons (Fsp3) is 0.133. The first kappa shape index (κ1) is 17.7. The highest BCUT2D eigenvalue weighted by molar-refractivity contribution is 6.31.